The first-order chi connectivity index (χ1) is 15.4. The van der Waals surface area contributed by atoms with E-state index in [-0.39, 0.29) is 19.1 Å². The minimum Gasteiger partial charge on any atom is -0.382 e. The zero-order chi connectivity index (χ0) is 22.3. The molecule has 1 atom stereocenters. The van der Waals surface area contributed by atoms with Gasteiger partial charge in [-0.2, -0.15) is 0 Å². The largest absolute Gasteiger partial charge is 0.475 e. The van der Waals surface area contributed by atoms with Crippen LogP contribution >= 0.6 is 19.4 Å². The van der Waals surface area contributed by atoms with Crippen molar-refractivity contribution in [2.75, 3.05) is 18.9 Å². The van der Waals surface area contributed by atoms with Gasteiger partial charge < -0.3 is 10.3 Å². The summed E-state index contributed by atoms with van der Waals surface area (Å²) in [6.45, 7) is 2.66. The number of halogens is 1. The summed E-state index contributed by atoms with van der Waals surface area (Å²) in [4.78, 5) is 8.83. The molecule has 10 heteroatoms. The van der Waals surface area contributed by atoms with Gasteiger partial charge in [0.2, 0.25) is 0 Å². The molecule has 2 N–H and O–H groups in total. The number of fused-ring (bicyclic) bond motifs is 3. The number of anilines is 1. The van der Waals surface area contributed by atoms with E-state index in [1.54, 1.807) is 12.4 Å². The molecule has 1 aliphatic heterocycles. The number of benzene rings is 2. The molecule has 2 aromatic carbocycles. The van der Waals surface area contributed by atoms with Gasteiger partial charge in [0.05, 0.1) is 43.2 Å². The summed E-state index contributed by atoms with van der Waals surface area (Å²) in [5.74, 6) is 0.305. The second-order valence-corrected chi connectivity index (χ2v) is 9.87. The summed E-state index contributed by atoms with van der Waals surface area (Å²) in [7, 11) is -3.68. The highest BCUT2D eigenvalue weighted by Crippen LogP contribution is 2.54. The Hall–Kier alpha value is -2.48. The van der Waals surface area contributed by atoms with Gasteiger partial charge in [-0.15, -0.1) is 0 Å². The average Bonchev–Trinajstić information content (AvgIpc) is 3.18. The van der Waals surface area contributed by atoms with Crippen LogP contribution in [0.2, 0.25) is 5.02 Å². The van der Waals surface area contributed by atoms with E-state index in [1.807, 2.05) is 54.0 Å². The van der Waals surface area contributed by atoms with E-state index in [0.717, 1.165) is 22.0 Å². The molecule has 0 aliphatic carbocycles. The first-order valence-electron chi connectivity index (χ1n) is 10.2. The molecular formula is C22H22ClN4O4P. The summed E-state index contributed by atoms with van der Waals surface area (Å²) in [5.41, 5.74) is 9.33. The number of phosphoric acid groups is 1. The monoisotopic (exact) mass is 472 g/mol. The van der Waals surface area contributed by atoms with Gasteiger partial charge in [-0.3, -0.25) is 13.6 Å². The van der Waals surface area contributed by atoms with Crippen LogP contribution in [0.15, 0.2) is 54.9 Å². The van der Waals surface area contributed by atoms with Gasteiger partial charge in [0, 0.05) is 16.3 Å². The van der Waals surface area contributed by atoms with E-state index in [1.165, 1.54) is 0 Å². The van der Waals surface area contributed by atoms with E-state index in [9.17, 15) is 4.57 Å². The minimum absolute atomic E-state index is 0.0610. The van der Waals surface area contributed by atoms with Crippen molar-refractivity contribution in [1.29, 1.82) is 0 Å². The molecule has 0 bridgehead atoms. The molecule has 8 nitrogen and oxygen atoms in total. The van der Waals surface area contributed by atoms with E-state index in [0.29, 0.717) is 22.9 Å². The number of rotatable bonds is 5. The maximum Gasteiger partial charge on any atom is 0.475 e. The Morgan fingerprint density at radius 2 is 2.03 bits per heavy atom. The zero-order valence-electron chi connectivity index (χ0n) is 17.3. The van der Waals surface area contributed by atoms with Crippen LogP contribution in [0.1, 0.15) is 18.4 Å². The Kier molecular flexibility index (Phi) is 5.65. The number of para-hydroxylation sites is 1. The van der Waals surface area contributed by atoms with Crippen LogP contribution in [0.3, 0.4) is 0 Å². The first-order valence-corrected chi connectivity index (χ1v) is 12.1. The van der Waals surface area contributed by atoms with Crippen molar-refractivity contribution < 1.29 is 18.1 Å². The van der Waals surface area contributed by atoms with E-state index in [2.05, 4.69) is 9.97 Å². The van der Waals surface area contributed by atoms with Crippen LogP contribution in [-0.2, 0) is 24.7 Å². The number of nitrogen functional groups attached to an aromatic ring is 1. The molecule has 0 saturated carbocycles. The summed E-state index contributed by atoms with van der Waals surface area (Å²) < 4.78 is 31.8. The predicted molar refractivity (Wildman–Crippen MR) is 124 cm³/mol. The third-order valence-corrected chi connectivity index (χ3v) is 7.21. The smallest absolute Gasteiger partial charge is 0.382 e. The van der Waals surface area contributed by atoms with Crippen LogP contribution < -0.4 is 5.73 Å². The van der Waals surface area contributed by atoms with Crippen molar-refractivity contribution >= 4 is 47.2 Å². The van der Waals surface area contributed by atoms with Crippen molar-refractivity contribution in [3.8, 4) is 0 Å². The Balaban J connectivity index is 1.31. The third-order valence-electron chi connectivity index (χ3n) is 5.43. The summed E-state index contributed by atoms with van der Waals surface area (Å²) in [6.07, 6.45) is 1.22. The number of aromatic nitrogens is 3. The van der Waals surface area contributed by atoms with Crippen LogP contribution in [0.5, 0.6) is 0 Å². The SMILES string of the molecule is CC(Cn1cnc2c(N)nc3ccccc3c21)OP1(=O)OCC(c2cccc(Cl)c2)CO1. The Morgan fingerprint density at radius 3 is 2.81 bits per heavy atom. The fourth-order valence-electron chi connectivity index (χ4n) is 3.94. The number of hydrogen-bond donors (Lipinski definition) is 1. The Morgan fingerprint density at radius 1 is 1.25 bits per heavy atom. The summed E-state index contributed by atoms with van der Waals surface area (Å²) >= 11 is 6.06. The maximum atomic E-state index is 13.0. The topological polar surface area (TPSA) is 101 Å². The number of imidazole rings is 1. The van der Waals surface area contributed by atoms with Crippen LogP contribution in [0.25, 0.3) is 21.9 Å². The van der Waals surface area contributed by atoms with Gasteiger partial charge in [-0.25, -0.2) is 14.5 Å². The van der Waals surface area contributed by atoms with Crippen LogP contribution in [-0.4, -0.2) is 33.9 Å². The number of nitrogens with two attached hydrogens (primary N) is 1. The highest BCUT2D eigenvalue weighted by molar-refractivity contribution is 7.48. The van der Waals surface area contributed by atoms with E-state index in [4.69, 9.17) is 30.9 Å². The van der Waals surface area contributed by atoms with Gasteiger partial charge in [0.1, 0.15) is 5.52 Å². The van der Waals surface area contributed by atoms with Crippen molar-refractivity contribution in [2.45, 2.75) is 25.5 Å². The number of pyridine rings is 1. The van der Waals surface area contributed by atoms with E-state index < -0.39 is 13.9 Å². The molecule has 1 unspecified atom stereocenters. The number of hydrogen-bond acceptors (Lipinski definition) is 7. The molecule has 4 aromatic rings. The van der Waals surface area contributed by atoms with Crippen LogP contribution in [0.4, 0.5) is 5.82 Å². The number of phosphoric ester groups is 1. The molecular weight excluding hydrogens is 451 g/mol. The molecule has 0 radical (unpaired) electrons. The molecule has 32 heavy (non-hydrogen) atoms. The fraction of sp³-hybridized carbons (Fsp3) is 0.273. The minimum atomic E-state index is -3.68. The van der Waals surface area contributed by atoms with Crippen molar-refractivity contribution in [3.63, 3.8) is 0 Å². The quantitative estimate of drug-likeness (QED) is 0.400. The lowest BCUT2D eigenvalue weighted by Crippen LogP contribution is -2.23. The molecule has 5 rings (SSSR count). The molecule has 1 saturated heterocycles. The second-order valence-electron chi connectivity index (χ2n) is 7.82. The van der Waals surface area contributed by atoms with Gasteiger partial charge in [0.15, 0.2) is 5.82 Å². The summed E-state index contributed by atoms with van der Waals surface area (Å²) in [5, 5.41) is 1.57. The molecule has 0 amide bonds. The van der Waals surface area contributed by atoms with Gasteiger partial charge in [-0.05, 0) is 30.7 Å². The normalized spacial score (nSPS) is 22.4. The van der Waals surface area contributed by atoms with Crippen LogP contribution in [0, 0.1) is 0 Å². The molecule has 166 valence electrons. The zero-order valence-corrected chi connectivity index (χ0v) is 19.0. The van der Waals surface area contributed by atoms with E-state index >= 15 is 0 Å². The predicted octanol–water partition coefficient (Wildman–Crippen LogP) is 5.16. The summed E-state index contributed by atoms with van der Waals surface area (Å²) in [6, 6.07) is 15.2. The third kappa shape index (κ3) is 4.12. The van der Waals surface area contributed by atoms with Gasteiger partial charge >= 0.3 is 7.82 Å². The Bertz CT molecular complexity index is 1330. The highest BCUT2D eigenvalue weighted by atomic mass is 35.5. The maximum absolute atomic E-state index is 13.0. The average molecular weight is 473 g/mol. The Labute approximate surface area is 189 Å². The molecule has 1 fully saturated rings. The molecule has 1 aliphatic rings. The molecule has 3 heterocycles. The highest BCUT2D eigenvalue weighted by Gasteiger charge is 2.36. The number of nitrogens with zero attached hydrogens (tertiary/aromatic N) is 3. The lowest BCUT2D eigenvalue weighted by atomic mass is 10.0. The van der Waals surface area contributed by atoms with Crippen molar-refractivity contribution in [3.05, 3.63) is 65.4 Å². The molecule has 2 aromatic heterocycles. The first kappa shape index (κ1) is 21.4. The standard InChI is InChI=1S/C22H22ClN4O4P/c1-14(31-32(28)29-11-16(12-30-32)15-5-4-6-17(23)9-15)10-27-13-25-20-21(27)18-7-2-3-8-19(18)26-22(20)24/h2-9,13-14,16H,10-12H2,1H3,(H2,24,26). The lowest BCUT2D eigenvalue weighted by Gasteiger charge is -2.30. The van der Waals surface area contributed by atoms with Gasteiger partial charge in [0.25, 0.3) is 0 Å². The van der Waals surface area contributed by atoms with Crippen molar-refractivity contribution in [1.82, 2.24) is 14.5 Å². The lowest BCUT2D eigenvalue weighted by molar-refractivity contribution is 0.0388. The second kappa shape index (κ2) is 8.46. The fourth-order valence-corrected chi connectivity index (χ4v) is 5.56. The molecule has 0 spiro atoms. The van der Waals surface area contributed by atoms with Crippen molar-refractivity contribution in [2.24, 2.45) is 0 Å². The van der Waals surface area contributed by atoms with Gasteiger partial charge in [-0.1, -0.05) is 41.9 Å².